The Bertz CT molecular complexity index is 1410. The lowest BCUT2D eigenvalue weighted by Crippen LogP contribution is -2.51. The van der Waals surface area contributed by atoms with Crippen LogP contribution in [0.4, 0.5) is 5.69 Å². The summed E-state index contributed by atoms with van der Waals surface area (Å²) in [5, 5.41) is 3.09. The van der Waals surface area contributed by atoms with Gasteiger partial charge in [0.25, 0.3) is 10.0 Å². The number of benzene rings is 3. The van der Waals surface area contributed by atoms with Gasteiger partial charge in [-0.2, -0.15) is 0 Å². The third-order valence-electron chi connectivity index (χ3n) is 6.09. The molecule has 0 fully saturated rings. The highest BCUT2D eigenvalue weighted by atomic mass is 79.9. The van der Waals surface area contributed by atoms with Crippen LogP contribution in [0.25, 0.3) is 0 Å². The highest BCUT2D eigenvalue weighted by Gasteiger charge is 2.33. The largest absolute Gasteiger partial charge is 0.355 e. The summed E-state index contributed by atoms with van der Waals surface area (Å²) >= 11 is 9.69. The van der Waals surface area contributed by atoms with E-state index in [1.165, 1.54) is 23.1 Å². The molecule has 0 heterocycles. The Labute approximate surface area is 238 Å². The van der Waals surface area contributed by atoms with Gasteiger partial charge in [-0.1, -0.05) is 63.4 Å². The van der Waals surface area contributed by atoms with E-state index in [1.807, 2.05) is 31.2 Å². The molecule has 0 radical (unpaired) electrons. The Kier molecular flexibility index (Phi) is 9.98. The maximum absolute atomic E-state index is 13.9. The number of nitrogens with one attached hydrogen (secondary N) is 1. The van der Waals surface area contributed by atoms with Gasteiger partial charge >= 0.3 is 0 Å². The second kappa shape index (κ2) is 12.8. The number of carbonyl (C=O) groups excluding carboxylic acids is 2. The van der Waals surface area contributed by atoms with E-state index < -0.39 is 28.5 Å². The minimum absolute atomic E-state index is 0.0468. The number of halogens is 2. The molecule has 0 saturated heterocycles. The highest BCUT2D eigenvalue weighted by Crippen LogP contribution is 2.30. The van der Waals surface area contributed by atoms with Gasteiger partial charge in [-0.15, -0.1) is 0 Å². The second-order valence-corrected chi connectivity index (χ2v) is 12.2. The second-order valence-electron chi connectivity index (χ2n) is 8.98. The Morgan fingerprint density at radius 1 is 1.03 bits per heavy atom. The lowest BCUT2D eigenvalue weighted by molar-refractivity contribution is -0.139. The Balaban J connectivity index is 2.08. The number of likely N-dealkylation sites (N-methyl/N-ethyl adjacent to an activating group) is 1. The fourth-order valence-electron chi connectivity index (χ4n) is 3.94. The van der Waals surface area contributed by atoms with Gasteiger partial charge in [-0.05, 0) is 75.2 Å². The SMILES string of the molecule is CCNC(=O)C(C)N(Cc1cccc(Br)c1)C(=O)CN(c1cc(Cl)ccc1C)S(=O)(=O)c1ccc(C)cc1. The van der Waals surface area contributed by atoms with Gasteiger partial charge in [0.2, 0.25) is 11.8 Å². The molecule has 0 bridgehead atoms. The molecular weight excluding hydrogens is 590 g/mol. The number of amides is 2. The molecule has 0 aliphatic carbocycles. The van der Waals surface area contributed by atoms with Crippen molar-refractivity contribution < 1.29 is 18.0 Å². The Hall–Kier alpha value is -2.88. The van der Waals surface area contributed by atoms with Crippen LogP contribution in [0, 0.1) is 13.8 Å². The van der Waals surface area contributed by atoms with Crippen molar-refractivity contribution in [3.8, 4) is 0 Å². The number of rotatable bonds is 10. The standard InChI is InChI=1S/C28H31BrClN3O4S/c1-5-31-28(35)21(4)32(17-22-7-6-8-23(29)15-22)27(34)18-33(26-16-24(30)12-11-20(26)3)38(36,37)25-13-9-19(2)10-14-25/h6-16,21H,5,17-18H2,1-4H3,(H,31,35). The summed E-state index contributed by atoms with van der Waals surface area (Å²) < 4.78 is 29.7. The lowest BCUT2D eigenvalue weighted by atomic mass is 10.1. The van der Waals surface area contributed by atoms with Crippen molar-refractivity contribution in [3.63, 3.8) is 0 Å². The van der Waals surface area contributed by atoms with Crippen LogP contribution in [-0.2, 0) is 26.2 Å². The van der Waals surface area contributed by atoms with E-state index in [0.717, 1.165) is 19.9 Å². The molecule has 3 aromatic rings. The van der Waals surface area contributed by atoms with Crippen LogP contribution in [-0.4, -0.2) is 44.3 Å². The number of nitrogens with zero attached hydrogens (tertiary/aromatic N) is 2. The molecule has 3 aromatic carbocycles. The number of carbonyl (C=O) groups is 2. The van der Waals surface area contributed by atoms with Crippen molar-refractivity contribution in [1.29, 1.82) is 0 Å². The molecule has 3 rings (SSSR count). The first kappa shape index (κ1) is 29.7. The van der Waals surface area contributed by atoms with Crippen molar-refractivity contribution in [3.05, 3.63) is 92.9 Å². The number of hydrogen-bond donors (Lipinski definition) is 1. The first-order valence-corrected chi connectivity index (χ1v) is 14.7. The maximum Gasteiger partial charge on any atom is 0.264 e. The van der Waals surface area contributed by atoms with E-state index in [-0.39, 0.29) is 17.3 Å². The van der Waals surface area contributed by atoms with Crippen LogP contribution in [0.1, 0.15) is 30.5 Å². The summed E-state index contributed by atoms with van der Waals surface area (Å²) in [6, 6.07) is 17.9. The van der Waals surface area contributed by atoms with Gasteiger partial charge in [0.05, 0.1) is 10.6 Å². The quantitative estimate of drug-likeness (QED) is 0.326. The molecule has 1 N–H and O–H groups in total. The monoisotopic (exact) mass is 619 g/mol. The van der Waals surface area contributed by atoms with Gasteiger partial charge < -0.3 is 10.2 Å². The topological polar surface area (TPSA) is 86.8 Å². The van der Waals surface area contributed by atoms with E-state index in [4.69, 9.17) is 11.6 Å². The van der Waals surface area contributed by atoms with E-state index in [2.05, 4.69) is 21.2 Å². The van der Waals surface area contributed by atoms with E-state index in [9.17, 15) is 18.0 Å². The predicted molar refractivity (Wildman–Crippen MR) is 155 cm³/mol. The third-order valence-corrected chi connectivity index (χ3v) is 8.59. The third kappa shape index (κ3) is 7.15. The molecule has 7 nitrogen and oxygen atoms in total. The van der Waals surface area contributed by atoms with E-state index in [1.54, 1.807) is 45.0 Å². The molecule has 1 unspecified atom stereocenters. The van der Waals surface area contributed by atoms with Gasteiger partial charge in [-0.25, -0.2) is 8.42 Å². The minimum Gasteiger partial charge on any atom is -0.355 e. The lowest BCUT2D eigenvalue weighted by Gasteiger charge is -2.32. The van der Waals surface area contributed by atoms with Crippen molar-refractivity contribution >= 4 is 55.1 Å². The van der Waals surface area contributed by atoms with Crippen molar-refractivity contribution in [1.82, 2.24) is 10.2 Å². The van der Waals surface area contributed by atoms with Gasteiger partial charge in [-0.3, -0.25) is 13.9 Å². The summed E-state index contributed by atoms with van der Waals surface area (Å²) in [7, 11) is -4.16. The first-order valence-electron chi connectivity index (χ1n) is 12.1. The molecule has 202 valence electrons. The predicted octanol–water partition coefficient (Wildman–Crippen LogP) is 5.47. The maximum atomic E-state index is 13.9. The average molecular weight is 621 g/mol. The minimum atomic E-state index is -4.16. The molecule has 38 heavy (non-hydrogen) atoms. The van der Waals surface area contributed by atoms with Gasteiger partial charge in [0.1, 0.15) is 12.6 Å². The van der Waals surface area contributed by atoms with E-state index in [0.29, 0.717) is 22.8 Å². The van der Waals surface area contributed by atoms with Crippen LogP contribution in [0.15, 0.2) is 76.1 Å². The molecule has 2 amide bonds. The molecule has 10 heteroatoms. The zero-order valence-electron chi connectivity index (χ0n) is 21.7. The Morgan fingerprint density at radius 3 is 2.34 bits per heavy atom. The van der Waals surface area contributed by atoms with Crippen molar-refractivity contribution in [2.24, 2.45) is 0 Å². The average Bonchev–Trinajstić information content (AvgIpc) is 2.87. The zero-order valence-corrected chi connectivity index (χ0v) is 24.9. The number of hydrogen-bond acceptors (Lipinski definition) is 4. The van der Waals surface area contributed by atoms with Crippen LogP contribution in [0.5, 0.6) is 0 Å². The molecule has 0 aliphatic rings. The smallest absolute Gasteiger partial charge is 0.264 e. The highest BCUT2D eigenvalue weighted by molar-refractivity contribution is 9.10. The fourth-order valence-corrected chi connectivity index (χ4v) is 6.02. The number of aryl methyl sites for hydroxylation is 2. The molecule has 1 atom stereocenters. The molecule has 0 spiro atoms. The van der Waals surface area contributed by atoms with Crippen LogP contribution < -0.4 is 9.62 Å². The summed E-state index contributed by atoms with van der Waals surface area (Å²) in [6.07, 6.45) is 0. The summed E-state index contributed by atoms with van der Waals surface area (Å²) in [5.74, 6) is -0.860. The molecule has 0 aliphatic heterocycles. The van der Waals surface area contributed by atoms with Crippen LogP contribution >= 0.6 is 27.5 Å². The number of anilines is 1. The summed E-state index contributed by atoms with van der Waals surface area (Å²) in [6.45, 7) is 7.04. The normalized spacial score (nSPS) is 12.1. The van der Waals surface area contributed by atoms with E-state index >= 15 is 0 Å². The van der Waals surface area contributed by atoms with Crippen molar-refractivity contribution in [2.45, 2.75) is 45.2 Å². The fraction of sp³-hybridized carbons (Fsp3) is 0.286. The molecule has 0 aromatic heterocycles. The summed E-state index contributed by atoms with van der Waals surface area (Å²) in [4.78, 5) is 28.1. The molecular formula is C28H31BrClN3O4S. The zero-order chi connectivity index (χ0) is 28.0. The number of sulfonamides is 1. The van der Waals surface area contributed by atoms with Gasteiger partial charge in [0, 0.05) is 22.6 Å². The van der Waals surface area contributed by atoms with Gasteiger partial charge in [0.15, 0.2) is 0 Å². The van der Waals surface area contributed by atoms with Crippen molar-refractivity contribution in [2.75, 3.05) is 17.4 Å². The van der Waals surface area contributed by atoms with Crippen LogP contribution in [0.3, 0.4) is 0 Å². The Morgan fingerprint density at radius 2 is 1.71 bits per heavy atom. The summed E-state index contributed by atoms with van der Waals surface area (Å²) in [5.41, 5.74) is 2.62. The molecule has 0 saturated carbocycles. The first-order chi connectivity index (χ1) is 17.9. The van der Waals surface area contributed by atoms with Crippen LogP contribution in [0.2, 0.25) is 5.02 Å².